The standard InChI is InChI=1S/C10H12FN3O4/c1-18-10(17)13-4-2-3-7(13)14-5-6(11)8(15)12-9(14)16/h5,7H,2-4H2,1H3,(H,12,15,16). The second-order valence-corrected chi connectivity index (χ2v) is 3.93. The van der Waals surface area contributed by atoms with Gasteiger partial charge in [-0.1, -0.05) is 0 Å². The molecule has 0 bridgehead atoms. The number of hydrogen-bond acceptors (Lipinski definition) is 4. The molecular formula is C10H12FN3O4. The van der Waals surface area contributed by atoms with Crippen molar-refractivity contribution in [1.29, 1.82) is 0 Å². The molecule has 0 aliphatic carbocycles. The number of nitrogens with one attached hydrogen (secondary N) is 1. The predicted octanol–water partition coefficient (Wildman–Crippen LogP) is 0.0365. The molecule has 1 atom stereocenters. The zero-order chi connectivity index (χ0) is 13.3. The maximum Gasteiger partial charge on any atom is 0.411 e. The molecule has 1 saturated heterocycles. The van der Waals surface area contributed by atoms with Gasteiger partial charge in [-0.15, -0.1) is 0 Å². The molecule has 7 nitrogen and oxygen atoms in total. The van der Waals surface area contributed by atoms with Crippen LogP contribution in [-0.2, 0) is 4.74 Å². The van der Waals surface area contributed by atoms with Crippen molar-refractivity contribution in [3.05, 3.63) is 32.9 Å². The Bertz CT molecular complexity index is 579. The minimum absolute atomic E-state index is 0.421. The number of rotatable bonds is 1. The third kappa shape index (κ3) is 2.01. The van der Waals surface area contributed by atoms with Crippen LogP contribution in [0.4, 0.5) is 9.18 Å². The number of H-pyrrole nitrogens is 1. The number of carbonyl (C=O) groups excluding carboxylic acids is 1. The van der Waals surface area contributed by atoms with Crippen molar-refractivity contribution in [3.8, 4) is 0 Å². The molecule has 1 aliphatic heterocycles. The Kier molecular flexibility index (Phi) is 3.17. The molecular weight excluding hydrogens is 245 g/mol. The van der Waals surface area contributed by atoms with Crippen LogP contribution >= 0.6 is 0 Å². The van der Waals surface area contributed by atoms with E-state index in [1.165, 1.54) is 12.0 Å². The minimum atomic E-state index is -1.07. The third-order valence-electron chi connectivity index (χ3n) is 2.88. The van der Waals surface area contributed by atoms with E-state index in [1.54, 1.807) is 0 Å². The molecule has 1 aromatic heterocycles. The van der Waals surface area contributed by atoms with Crippen molar-refractivity contribution >= 4 is 6.09 Å². The normalized spacial score (nSPS) is 19.0. The summed E-state index contributed by atoms with van der Waals surface area (Å²) in [7, 11) is 1.23. The van der Waals surface area contributed by atoms with Crippen LogP contribution in [0.25, 0.3) is 0 Å². The lowest BCUT2D eigenvalue weighted by Gasteiger charge is -2.24. The Morgan fingerprint density at radius 1 is 1.56 bits per heavy atom. The maximum atomic E-state index is 13.2. The quantitative estimate of drug-likeness (QED) is 0.769. The van der Waals surface area contributed by atoms with Crippen LogP contribution in [0.5, 0.6) is 0 Å². The summed E-state index contributed by atoms with van der Waals surface area (Å²) in [6.07, 6.45) is 0.771. The topological polar surface area (TPSA) is 84.4 Å². The van der Waals surface area contributed by atoms with Gasteiger partial charge in [-0.05, 0) is 12.8 Å². The van der Waals surface area contributed by atoms with Crippen LogP contribution in [0.2, 0.25) is 0 Å². The van der Waals surface area contributed by atoms with E-state index in [2.05, 4.69) is 4.74 Å². The van der Waals surface area contributed by atoms with Gasteiger partial charge in [-0.3, -0.25) is 19.2 Å². The number of hydrogen-bond donors (Lipinski definition) is 1. The van der Waals surface area contributed by atoms with Crippen LogP contribution in [0, 0.1) is 5.82 Å². The van der Waals surface area contributed by atoms with E-state index in [0.29, 0.717) is 19.4 Å². The highest BCUT2D eigenvalue weighted by molar-refractivity contribution is 5.67. The second-order valence-electron chi connectivity index (χ2n) is 3.93. The fourth-order valence-electron chi connectivity index (χ4n) is 2.05. The van der Waals surface area contributed by atoms with Crippen LogP contribution in [0.15, 0.2) is 15.8 Å². The Morgan fingerprint density at radius 3 is 2.94 bits per heavy atom. The van der Waals surface area contributed by atoms with Gasteiger partial charge in [0.25, 0.3) is 5.56 Å². The summed E-state index contributed by atoms with van der Waals surface area (Å²) in [6, 6.07) is 0. The predicted molar refractivity (Wildman–Crippen MR) is 58.7 cm³/mol. The van der Waals surface area contributed by atoms with Crippen molar-refractivity contribution in [2.24, 2.45) is 0 Å². The largest absolute Gasteiger partial charge is 0.453 e. The first-order valence-corrected chi connectivity index (χ1v) is 5.40. The summed E-state index contributed by atoms with van der Waals surface area (Å²) >= 11 is 0. The van der Waals surface area contributed by atoms with E-state index in [9.17, 15) is 18.8 Å². The number of methoxy groups -OCH3 is 1. The van der Waals surface area contributed by atoms with E-state index in [-0.39, 0.29) is 0 Å². The number of aromatic amines is 1. The molecule has 98 valence electrons. The van der Waals surface area contributed by atoms with Crippen LogP contribution in [0.1, 0.15) is 19.0 Å². The first kappa shape index (κ1) is 12.3. The highest BCUT2D eigenvalue weighted by Crippen LogP contribution is 2.25. The maximum absolute atomic E-state index is 13.2. The van der Waals surface area contributed by atoms with E-state index in [1.807, 2.05) is 4.98 Å². The molecule has 0 radical (unpaired) electrons. The van der Waals surface area contributed by atoms with Gasteiger partial charge in [0, 0.05) is 6.54 Å². The molecule has 1 fully saturated rings. The Labute approximate surface area is 101 Å². The van der Waals surface area contributed by atoms with Crippen LogP contribution < -0.4 is 11.2 Å². The Morgan fingerprint density at radius 2 is 2.28 bits per heavy atom. The summed E-state index contributed by atoms with van der Waals surface area (Å²) in [5.41, 5.74) is -1.82. The molecule has 1 aromatic rings. The SMILES string of the molecule is COC(=O)N1CCCC1n1cc(F)c(=O)[nH]c1=O. The number of halogens is 1. The lowest BCUT2D eigenvalue weighted by atomic mass is 10.3. The van der Waals surface area contributed by atoms with Gasteiger partial charge in [0.05, 0.1) is 13.3 Å². The Balaban J connectivity index is 2.42. The van der Waals surface area contributed by atoms with Crippen molar-refractivity contribution < 1.29 is 13.9 Å². The second kappa shape index (κ2) is 4.63. The van der Waals surface area contributed by atoms with Gasteiger partial charge in [0.15, 0.2) is 0 Å². The van der Waals surface area contributed by atoms with E-state index < -0.39 is 29.3 Å². The summed E-state index contributed by atoms with van der Waals surface area (Å²) in [5.74, 6) is -1.06. The number of nitrogens with zero attached hydrogens (tertiary/aromatic N) is 2. The summed E-state index contributed by atoms with van der Waals surface area (Å²) in [5, 5.41) is 0. The monoisotopic (exact) mass is 257 g/mol. The molecule has 1 aliphatic rings. The molecule has 0 spiro atoms. The zero-order valence-electron chi connectivity index (χ0n) is 9.68. The number of ether oxygens (including phenoxy) is 1. The van der Waals surface area contributed by atoms with Gasteiger partial charge in [-0.25, -0.2) is 9.59 Å². The van der Waals surface area contributed by atoms with Crippen molar-refractivity contribution in [3.63, 3.8) is 0 Å². The molecule has 0 saturated carbocycles. The molecule has 1 unspecified atom stereocenters. The molecule has 0 aromatic carbocycles. The van der Waals surface area contributed by atoms with E-state index in [4.69, 9.17) is 0 Å². The van der Waals surface area contributed by atoms with Gasteiger partial charge < -0.3 is 4.74 Å². The number of amides is 1. The smallest absolute Gasteiger partial charge is 0.411 e. The molecule has 2 rings (SSSR count). The number of carbonyl (C=O) groups is 1. The lowest BCUT2D eigenvalue weighted by molar-refractivity contribution is 0.103. The van der Waals surface area contributed by atoms with Gasteiger partial charge in [0.2, 0.25) is 5.82 Å². The lowest BCUT2D eigenvalue weighted by Crippen LogP contribution is -2.41. The van der Waals surface area contributed by atoms with Gasteiger partial charge in [-0.2, -0.15) is 4.39 Å². The van der Waals surface area contributed by atoms with Gasteiger partial charge >= 0.3 is 11.8 Å². The highest BCUT2D eigenvalue weighted by Gasteiger charge is 2.31. The van der Waals surface area contributed by atoms with Gasteiger partial charge in [0.1, 0.15) is 6.17 Å². The first-order valence-electron chi connectivity index (χ1n) is 5.40. The zero-order valence-corrected chi connectivity index (χ0v) is 9.68. The molecule has 1 amide bonds. The molecule has 1 N–H and O–H groups in total. The number of likely N-dealkylation sites (tertiary alicyclic amines) is 1. The molecule has 18 heavy (non-hydrogen) atoms. The van der Waals surface area contributed by atoms with E-state index >= 15 is 0 Å². The first-order chi connectivity index (χ1) is 8.54. The third-order valence-corrected chi connectivity index (χ3v) is 2.88. The average molecular weight is 257 g/mol. The summed E-state index contributed by atoms with van der Waals surface area (Å²) in [4.78, 5) is 37.2. The highest BCUT2D eigenvalue weighted by atomic mass is 19.1. The minimum Gasteiger partial charge on any atom is -0.453 e. The summed E-state index contributed by atoms with van der Waals surface area (Å²) < 4.78 is 18.8. The molecule has 2 heterocycles. The number of aromatic nitrogens is 2. The fraction of sp³-hybridized carbons (Fsp3) is 0.500. The van der Waals surface area contributed by atoms with Crippen molar-refractivity contribution in [1.82, 2.24) is 14.5 Å². The fourth-order valence-corrected chi connectivity index (χ4v) is 2.05. The van der Waals surface area contributed by atoms with Crippen molar-refractivity contribution in [2.75, 3.05) is 13.7 Å². The van der Waals surface area contributed by atoms with E-state index in [0.717, 1.165) is 10.8 Å². The van der Waals surface area contributed by atoms with Crippen LogP contribution in [0.3, 0.4) is 0 Å². The van der Waals surface area contributed by atoms with Crippen LogP contribution in [-0.4, -0.2) is 34.2 Å². The molecule has 8 heteroatoms. The summed E-state index contributed by atoms with van der Waals surface area (Å²) in [6.45, 7) is 0.421. The van der Waals surface area contributed by atoms with Crippen molar-refractivity contribution in [2.45, 2.75) is 19.0 Å². The average Bonchev–Trinajstić information content (AvgIpc) is 2.81. The Hall–Kier alpha value is -2.12.